The maximum absolute atomic E-state index is 12.2. The van der Waals surface area contributed by atoms with Crippen molar-refractivity contribution in [1.29, 1.82) is 0 Å². The quantitative estimate of drug-likeness (QED) is 0.858. The van der Waals surface area contributed by atoms with Crippen molar-refractivity contribution in [1.82, 2.24) is 14.8 Å². The number of nitrogens with one attached hydrogen (secondary N) is 1. The van der Waals surface area contributed by atoms with Gasteiger partial charge in [0.05, 0.1) is 19.3 Å². The van der Waals surface area contributed by atoms with Crippen LogP contribution >= 0.6 is 0 Å². The summed E-state index contributed by atoms with van der Waals surface area (Å²) in [4.78, 5) is 14.1. The van der Waals surface area contributed by atoms with Crippen LogP contribution in [0, 0.1) is 0 Å². The summed E-state index contributed by atoms with van der Waals surface area (Å²) in [5.74, 6) is 0.165. The smallest absolute Gasteiger partial charge is 0.239 e. The van der Waals surface area contributed by atoms with E-state index in [2.05, 4.69) is 29.1 Å². The highest BCUT2D eigenvalue weighted by molar-refractivity contribution is 5.81. The van der Waals surface area contributed by atoms with E-state index in [4.69, 9.17) is 4.74 Å². The van der Waals surface area contributed by atoms with E-state index in [1.165, 1.54) is 5.69 Å². The number of hydrogen-bond donors (Lipinski definition) is 1. The first-order valence-corrected chi connectivity index (χ1v) is 6.96. The Hall–Kier alpha value is -1.33. The molecule has 0 aliphatic carbocycles. The Kier molecular flexibility index (Phi) is 4.99. The fraction of sp³-hybridized carbons (Fsp3) is 0.643. The lowest BCUT2D eigenvalue weighted by Gasteiger charge is -2.29. The molecule has 1 aromatic rings. The highest BCUT2D eigenvalue weighted by atomic mass is 16.5. The molecule has 1 aromatic heterocycles. The van der Waals surface area contributed by atoms with Gasteiger partial charge in [0.1, 0.15) is 0 Å². The van der Waals surface area contributed by atoms with E-state index < -0.39 is 0 Å². The highest BCUT2D eigenvalue weighted by Gasteiger charge is 2.21. The number of hydrogen-bond acceptors (Lipinski definition) is 3. The Morgan fingerprint density at radius 2 is 2.21 bits per heavy atom. The molecule has 1 unspecified atom stereocenters. The van der Waals surface area contributed by atoms with E-state index in [0.717, 1.165) is 13.1 Å². The molecule has 106 valence electrons. The van der Waals surface area contributed by atoms with Gasteiger partial charge in [-0.1, -0.05) is 0 Å². The Bertz CT molecular complexity index is 411. The van der Waals surface area contributed by atoms with Crippen LogP contribution in [0.1, 0.15) is 19.5 Å². The van der Waals surface area contributed by atoms with Gasteiger partial charge in [0.25, 0.3) is 0 Å². The molecule has 5 heteroatoms. The van der Waals surface area contributed by atoms with Gasteiger partial charge in [-0.15, -0.1) is 0 Å². The lowest BCUT2D eigenvalue weighted by atomic mass is 10.2. The second kappa shape index (κ2) is 6.73. The van der Waals surface area contributed by atoms with Crippen LogP contribution in [0.15, 0.2) is 18.3 Å². The van der Waals surface area contributed by atoms with Gasteiger partial charge in [0.2, 0.25) is 5.91 Å². The zero-order valence-corrected chi connectivity index (χ0v) is 11.8. The van der Waals surface area contributed by atoms with Gasteiger partial charge < -0.3 is 19.5 Å². The monoisotopic (exact) mass is 265 g/mol. The summed E-state index contributed by atoms with van der Waals surface area (Å²) in [6.07, 6.45) is 2.06. The lowest BCUT2D eigenvalue weighted by Crippen LogP contribution is -2.49. The first-order valence-electron chi connectivity index (χ1n) is 6.96. The average Bonchev–Trinajstić information content (AvgIpc) is 2.92. The van der Waals surface area contributed by atoms with Crippen molar-refractivity contribution in [2.75, 3.05) is 26.3 Å². The summed E-state index contributed by atoms with van der Waals surface area (Å²) in [6.45, 7) is 8.43. The van der Waals surface area contributed by atoms with Gasteiger partial charge in [0, 0.05) is 38.1 Å². The molecular weight excluding hydrogens is 242 g/mol. The molecule has 1 aliphatic rings. The maximum atomic E-state index is 12.2. The predicted molar refractivity (Wildman–Crippen MR) is 73.8 cm³/mol. The Labute approximate surface area is 114 Å². The molecule has 2 heterocycles. The van der Waals surface area contributed by atoms with Crippen molar-refractivity contribution in [3.63, 3.8) is 0 Å². The third-order valence-corrected chi connectivity index (χ3v) is 3.55. The molecule has 19 heavy (non-hydrogen) atoms. The van der Waals surface area contributed by atoms with Crippen molar-refractivity contribution in [3.05, 3.63) is 24.0 Å². The van der Waals surface area contributed by atoms with E-state index in [9.17, 15) is 4.79 Å². The summed E-state index contributed by atoms with van der Waals surface area (Å²) in [5, 5.41) is 3.30. The fourth-order valence-corrected chi connectivity index (χ4v) is 2.32. The number of carbonyl (C=O) groups is 1. The molecule has 5 nitrogen and oxygen atoms in total. The third-order valence-electron chi connectivity index (χ3n) is 3.55. The van der Waals surface area contributed by atoms with Crippen LogP contribution in [-0.2, 0) is 22.6 Å². The zero-order valence-electron chi connectivity index (χ0n) is 11.8. The van der Waals surface area contributed by atoms with Crippen molar-refractivity contribution in [2.24, 2.45) is 0 Å². The second-order valence-corrected chi connectivity index (χ2v) is 4.83. The number of morpholine rings is 1. The van der Waals surface area contributed by atoms with E-state index in [-0.39, 0.29) is 11.9 Å². The molecule has 1 atom stereocenters. The Morgan fingerprint density at radius 3 is 2.89 bits per heavy atom. The van der Waals surface area contributed by atoms with E-state index >= 15 is 0 Å². The van der Waals surface area contributed by atoms with Crippen LogP contribution in [0.4, 0.5) is 0 Å². The second-order valence-electron chi connectivity index (χ2n) is 4.83. The third kappa shape index (κ3) is 3.58. The number of aromatic nitrogens is 1. The molecule has 2 rings (SSSR count). The molecule has 1 saturated heterocycles. The molecule has 1 fully saturated rings. The molecule has 0 spiro atoms. The minimum atomic E-state index is -0.154. The van der Waals surface area contributed by atoms with Gasteiger partial charge in [-0.3, -0.25) is 4.79 Å². The summed E-state index contributed by atoms with van der Waals surface area (Å²) >= 11 is 0. The van der Waals surface area contributed by atoms with E-state index in [1.54, 1.807) is 0 Å². The number of rotatable bonds is 5. The van der Waals surface area contributed by atoms with Crippen LogP contribution in [0.5, 0.6) is 0 Å². The molecule has 0 aromatic carbocycles. The summed E-state index contributed by atoms with van der Waals surface area (Å²) in [7, 11) is 0. The number of aryl methyl sites for hydroxylation is 1. The topological polar surface area (TPSA) is 46.5 Å². The van der Waals surface area contributed by atoms with E-state index in [0.29, 0.717) is 26.3 Å². The fourth-order valence-electron chi connectivity index (χ4n) is 2.32. The summed E-state index contributed by atoms with van der Waals surface area (Å²) < 4.78 is 7.44. The van der Waals surface area contributed by atoms with Crippen LogP contribution in [0.25, 0.3) is 0 Å². The zero-order chi connectivity index (χ0) is 13.7. The predicted octanol–water partition coefficient (Wildman–Crippen LogP) is 0.845. The maximum Gasteiger partial charge on any atom is 0.239 e. The van der Waals surface area contributed by atoms with Crippen LogP contribution in [0.2, 0.25) is 0 Å². The molecule has 0 saturated carbocycles. The van der Waals surface area contributed by atoms with Crippen molar-refractivity contribution in [3.8, 4) is 0 Å². The SMILES string of the molecule is CCn1cccc1CNC(C)C(=O)N1CCOCC1. The Balaban J connectivity index is 1.83. The normalized spacial score (nSPS) is 17.5. The van der Waals surface area contributed by atoms with E-state index in [1.807, 2.05) is 17.9 Å². The Morgan fingerprint density at radius 1 is 1.47 bits per heavy atom. The highest BCUT2D eigenvalue weighted by Crippen LogP contribution is 2.04. The first kappa shape index (κ1) is 14.1. The summed E-state index contributed by atoms with van der Waals surface area (Å²) in [5.41, 5.74) is 1.21. The first-order chi connectivity index (χ1) is 9.22. The van der Waals surface area contributed by atoms with Crippen LogP contribution in [0.3, 0.4) is 0 Å². The standard InChI is InChI=1S/C14H23N3O2/c1-3-16-6-4-5-13(16)11-15-12(2)14(18)17-7-9-19-10-8-17/h4-6,12,15H,3,7-11H2,1-2H3. The van der Waals surface area contributed by atoms with Crippen molar-refractivity contribution < 1.29 is 9.53 Å². The van der Waals surface area contributed by atoms with Gasteiger partial charge in [-0.2, -0.15) is 0 Å². The van der Waals surface area contributed by atoms with Gasteiger partial charge in [-0.05, 0) is 26.0 Å². The average molecular weight is 265 g/mol. The van der Waals surface area contributed by atoms with Gasteiger partial charge in [0.15, 0.2) is 0 Å². The minimum absolute atomic E-state index is 0.154. The van der Waals surface area contributed by atoms with Gasteiger partial charge in [-0.25, -0.2) is 0 Å². The van der Waals surface area contributed by atoms with Crippen LogP contribution < -0.4 is 5.32 Å². The molecule has 0 bridgehead atoms. The summed E-state index contributed by atoms with van der Waals surface area (Å²) in [6, 6.07) is 3.97. The lowest BCUT2D eigenvalue weighted by molar-refractivity contribution is -0.137. The van der Waals surface area contributed by atoms with Crippen LogP contribution in [-0.4, -0.2) is 47.7 Å². The minimum Gasteiger partial charge on any atom is -0.378 e. The molecular formula is C14H23N3O2. The number of ether oxygens (including phenoxy) is 1. The van der Waals surface area contributed by atoms with Gasteiger partial charge >= 0.3 is 0 Å². The van der Waals surface area contributed by atoms with Crippen molar-refractivity contribution in [2.45, 2.75) is 33.0 Å². The van der Waals surface area contributed by atoms with Crippen molar-refractivity contribution >= 4 is 5.91 Å². The molecule has 1 aliphatic heterocycles. The molecule has 1 N–H and O–H groups in total. The number of carbonyl (C=O) groups excluding carboxylic acids is 1. The number of amides is 1. The number of nitrogens with zero attached hydrogens (tertiary/aromatic N) is 2. The molecule has 0 radical (unpaired) electrons. The largest absolute Gasteiger partial charge is 0.378 e. The molecule has 1 amide bonds.